The summed E-state index contributed by atoms with van der Waals surface area (Å²) < 4.78 is 10.5. The lowest BCUT2D eigenvalue weighted by atomic mass is 10.0. The zero-order valence-corrected chi connectivity index (χ0v) is 11.8. The number of amides is 1. The highest BCUT2D eigenvalue weighted by Crippen LogP contribution is 2.32. The summed E-state index contributed by atoms with van der Waals surface area (Å²) in [5, 5.41) is 2.78. The minimum Gasteiger partial charge on any atom is -0.454 e. The van der Waals surface area contributed by atoms with E-state index in [4.69, 9.17) is 9.47 Å². The molecule has 0 radical (unpaired) electrons. The number of nitrogens with one attached hydrogen (secondary N) is 1. The molecular weight excluding hydrogens is 260 g/mol. The van der Waals surface area contributed by atoms with Gasteiger partial charge < -0.3 is 19.7 Å². The van der Waals surface area contributed by atoms with Gasteiger partial charge in [0.2, 0.25) is 12.7 Å². The van der Waals surface area contributed by atoms with Crippen molar-refractivity contribution in [3.63, 3.8) is 0 Å². The number of rotatable bonds is 5. The number of benzene rings is 1. The van der Waals surface area contributed by atoms with Gasteiger partial charge in [0.05, 0.1) is 12.6 Å². The average molecular weight is 278 g/mol. The number of carbonyl (C=O) groups is 2. The molecular formula is C14H18N2O4. The van der Waals surface area contributed by atoms with E-state index in [0.717, 1.165) is 0 Å². The summed E-state index contributed by atoms with van der Waals surface area (Å²) in [4.78, 5) is 25.6. The largest absolute Gasteiger partial charge is 0.454 e. The normalized spacial score (nSPS) is 13.9. The van der Waals surface area contributed by atoms with Crippen molar-refractivity contribution in [2.24, 2.45) is 0 Å². The molecule has 1 heterocycles. The maximum atomic E-state index is 12.4. The molecule has 1 N–H and O–H groups in total. The molecule has 108 valence electrons. The molecule has 1 amide bonds. The number of ether oxygens (including phenoxy) is 2. The van der Waals surface area contributed by atoms with Gasteiger partial charge in [-0.25, -0.2) is 0 Å². The fraction of sp³-hybridized carbons (Fsp3) is 0.429. The third-order valence-electron chi connectivity index (χ3n) is 3.34. The standard InChI is InChI=1S/C14H18N2O4/c1-9(16(3)13(17)7-15-2)14(18)10-4-5-11-12(6-10)20-8-19-11/h4-6,9,15H,7-8H2,1-3H3. The fourth-order valence-electron chi connectivity index (χ4n) is 1.96. The summed E-state index contributed by atoms with van der Waals surface area (Å²) in [7, 11) is 3.31. The molecule has 0 spiro atoms. The molecule has 0 fully saturated rings. The molecule has 6 heteroatoms. The van der Waals surface area contributed by atoms with Crippen LogP contribution in [-0.4, -0.2) is 50.1 Å². The number of likely N-dealkylation sites (N-methyl/N-ethyl adjacent to an activating group) is 2. The van der Waals surface area contributed by atoms with E-state index < -0.39 is 6.04 Å². The number of fused-ring (bicyclic) bond motifs is 1. The van der Waals surface area contributed by atoms with E-state index >= 15 is 0 Å². The average Bonchev–Trinajstić information content (AvgIpc) is 2.92. The number of hydrogen-bond acceptors (Lipinski definition) is 5. The van der Waals surface area contributed by atoms with Gasteiger partial charge in [-0.3, -0.25) is 9.59 Å². The van der Waals surface area contributed by atoms with Crippen LogP contribution in [0.4, 0.5) is 0 Å². The predicted molar refractivity (Wildman–Crippen MR) is 73.1 cm³/mol. The van der Waals surface area contributed by atoms with Crippen molar-refractivity contribution in [2.75, 3.05) is 27.4 Å². The lowest BCUT2D eigenvalue weighted by molar-refractivity contribution is -0.129. The smallest absolute Gasteiger partial charge is 0.236 e. The van der Waals surface area contributed by atoms with Crippen LogP contribution < -0.4 is 14.8 Å². The second-order valence-corrected chi connectivity index (χ2v) is 4.64. The molecule has 1 aliphatic heterocycles. The Kier molecular flexibility index (Phi) is 4.24. The van der Waals surface area contributed by atoms with Crippen LogP contribution in [0.3, 0.4) is 0 Å². The van der Waals surface area contributed by atoms with Crippen LogP contribution >= 0.6 is 0 Å². The van der Waals surface area contributed by atoms with Crippen LogP contribution in [0.2, 0.25) is 0 Å². The molecule has 1 unspecified atom stereocenters. The van der Waals surface area contributed by atoms with E-state index in [1.54, 1.807) is 39.2 Å². The zero-order chi connectivity index (χ0) is 14.7. The summed E-state index contributed by atoms with van der Waals surface area (Å²) in [5.41, 5.74) is 0.505. The Morgan fingerprint density at radius 1 is 1.35 bits per heavy atom. The molecule has 0 aliphatic carbocycles. The fourth-order valence-corrected chi connectivity index (χ4v) is 1.96. The summed E-state index contributed by atoms with van der Waals surface area (Å²) in [6.07, 6.45) is 0. The quantitative estimate of drug-likeness (QED) is 0.802. The second-order valence-electron chi connectivity index (χ2n) is 4.64. The Hall–Kier alpha value is -2.08. The van der Waals surface area contributed by atoms with E-state index in [1.165, 1.54) is 4.90 Å². The monoisotopic (exact) mass is 278 g/mol. The first-order chi connectivity index (χ1) is 9.54. The molecule has 0 saturated carbocycles. The van der Waals surface area contributed by atoms with Crippen molar-refractivity contribution >= 4 is 11.7 Å². The topological polar surface area (TPSA) is 67.9 Å². The number of nitrogens with zero attached hydrogens (tertiary/aromatic N) is 1. The van der Waals surface area contributed by atoms with E-state index in [-0.39, 0.29) is 25.0 Å². The van der Waals surface area contributed by atoms with Crippen molar-refractivity contribution in [3.05, 3.63) is 23.8 Å². The summed E-state index contributed by atoms with van der Waals surface area (Å²) in [6, 6.07) is 4.51. The van der Waals surface area contributed by atoms with Gasteiger partial charge in [0, 0.05) is 12.6 Å². The van der Waals surface area contributed by atoms with E-state index in [2.05, 4.69) is 5.32 Å². The summed E-state index contributed by atoms with van der Waals surface area (Å²) in [5.74, 6) is 0.936. The molecule has 0 saturated heterocycles. The predicted octanol–water partition coefficient (Wildman–Crippen LogP) is 0.664. The second kappa shape index (κ2) is 5.92. The maximum absolute atomic E-state index is 12.4. The molecule has 20 heavy (non-hydrogen) atoms. The first-order valence-electron chi connectivity index (χ1n) is 6.38. The third-order valence-corrected chi connectivity index (χ3v) is 3.34. The van der Waals surface area contributed by atoms with E-state index in [0.29, 0.717) is 17.1 Å². The van der Waals surface area contributed by atoms with Gasteiger partial charge in [-0.05, 0) is 32.2 Å². The van der Waals surface area contributed by atoms with Crippen LogP contribution in [0.25, 0.3) is 0 Å². The van der Waals surface area contributed by atoms with Crippen molar-refractivity contribution in [2.45, 2.75) is 13.0 Å². The molecule has 0 aromatic heterocycles. The Morgan fingerprint density at radius 2 is 2.05 bits per heavy atom. The van der Waals surface area contributed by atoms with Crippen molar-refractivity contribution < 1.29 is 19.1 Å². The molecule has 1 aromatic rings. The van der Waals surface area contributed by atoms with E-state index in [1.807, 2.05) is 0 Å². The third kappa shape index (κ3) is 2.75. The first-order valence-corrected chi connectivity index (χ1v) is 6.38. The number of ketones is 1. The maximum Gasteiger partial charge on any atom is 0.236 e. The Morgan fingerprint density at radius 3 is 2.75 bits per heavy atom. The molecule has 1 aromatic carbocycles. The number of hydrogen-bond donors (Lipinski definition) is 1. The van der Waals surface area contributed by atoms with Crippen LogP contribution in [0.1, 0.15) is 17.3 Å². The Balaban J connectivity index is 2.12. The molecule has 1 aliphatic rings. The highest BCUT2D eigenvalue weighted by atomic mass is 16.7. The Labute approximate surface area is 117 Å². The minimum absolute atomic E-state index is 0.129. The van der Waals surface area contributed by atoms with Crippen molar-refractivity contribution in [1.82, 2.24) is 10.2 Å². The highest BCUT2D eigenvalue weighted by molar-refractivity contribution is 6.02. The summed E-state index contributed by atoms with van der Waals surface area (Å²) in [6.45, 7) is 2.08. The molecule has 0 bridgehead atoms. The van der Waals surface area contributed by atoms with Gasteiger partial charge >= 0.3 is 0 Å². The van der Waals surface area contributed by atoms with Gasteiger partial charge in [0.25, 0.3) is 0 Å². The van der Waals surface area contributed by atoms with Gasteiger partial charge in [0.15, 0.2) is 17.3 Å². The minimum atomic E-state index is -0.531. The van der Waals surface area contributed by atoms with Crippen LogP contribution in [0, 0.1) is 0 Å². The summed E-state index contributed by atoms with van der Waals surface area (Å²) >= 11 is 0. The molecule has 1 atom stereocenters. The van der Waals surface area contributed by atoms with Crippen molar-refractivity contribution in [3.8, 4) is 11.5 Å². The highest BCUT2D eigenvalue weighted by Gasteiger charge is 2.24. The van der Waals surface area contributed by atoms with Crippen LogP contribution in [-0.2, 0) is 4.79 Å². The van der Waals surface area contributed by atoms with Gasteiger partial charge in [0.1, 0.15) is 0 Å². The lowest BCUT2D eigenvalue weighted by Crippen LogP contribution is -2.43. The number of carbonyl (C=O) groups excluding carboxylic acids is 2. The van der Waals surface area contributed by atoms with Gasteiger partial charge in [-0.1, -0.05) is 0 Å². The first kappa shape index (κ1) is 14.3. The number of Topliss-reactive ketones (excluding diaryl/α,β-unsaturated/α-hetero) is 1. The van der Waals surface area contributed by atoms with Crippen LogP contribution in [0.5, 0.6) is 11.5 Å². The molecule has 6 nitrogen and oxygen atoms in total. The van der Waals surface area contributed by atoms with Gasteiger partial charge in [-0.2, -0.15) is 0 Å². The SMILES string of the molecule is CNCC(=O)N(C)C(C)C(=O)c1ccc2c(c1)OCO2. The van der Waals surface area contributed by atoms with Crippen LogP contribution in [0.15, 0.2) is 18.2 Å². The lowest BCUT2D eigenvalue weighted by Gasteiger charge is -2.23. The van der Waals surface area contributed by atoms with Gasteiger partial charge in [-0.15, -0.1) is 0 Å². The zero-order valence-electron chi connectivity index (χ0n) is 11.8. The van der Waals surface area contributed by atoms with E-state index in [9.17, 15) is 9.59 Å². The van der Waals surface area contributed by atoms with Crippen molar-refractivity contribution in [1.29, 1.82) is 0 Å². The molecule has 2 rings (SSSR count). The Bertz CT molecular complexity index is 530.